The van der Waals surface area contributed by atoms with Crippen molar-refractivity contribution in [1.82, 2.24) is 0 Å². The standard InChI is InChI=1S/C22H34O/c1-9-10-11-12-23-18(8)22-20(16(4)5)13-19(15(2)3)14-21(22)17(6)7/h9,11-18H,1,10H2,2-8H3/b12-11-/t18-/m0/s1. The lowest BCUT2D eigenvalue weighted by Gasteiger charge is -2.26. The molecule has 0 amide bonds. The first-order valence-corrected chi connectivity index (χ1v) is 8.88. The Labute approximate surface area is 143 Å². The Morgan fingerprint density at radius 2 is 1.43 bits per heavy atom. The first kappa shape index (κ1) is 19.5. The molecule has 0 fully saturated rings. The summed E-state index contributed by atoms with van der Waals surface area (Å²) < 4.78 is 5.98. The van der Waals surface area contributed by atoms with Crippen LogP contribution in [0.1, 0.15) is 101 Å². The highest BCUT2D eigenvalue weighted by atomic mass is 16.5. The molecule has 1 aromatic carbocycles. The third-order valence-corrected chi connectivity index (χ3v) is 4.27. The summed E-state index contributed by atoms with van der Waals surface area (Å²) in [6, 6.07) is 4.76. The molecule has 0 heterocycles. The summed E-state index contributed by atoms with van der Waals surface area (Å²) in [4.78, 5) is 0. The highest BCUT2D eigenvalue weighted by molar-refractivity contribution is 5.44. The van der Waals surface area contributed by atoms with Gasteiger partial charge in [0.2, 0.25) is 0 Å². The molecule has 0 aliphatic carbocycles. The van der Waals surface area contributed by atoms with Gasteiger partial charge in [-0.1, -0.05) is 59.8 Å². The van der Waals surface area contributed by atoms with Gasteiger partial charge in [-0.15, -0.1) is 6.58 Å². The van der Waals surface area contributed by atoms with E-state index in [4.69, 9.17) is 4.74 Å². The van der Waals surface area contributed by atoms with Gasteiger partial charge in [-0.05, 0) is 59.4 Å². The fourth-order valence-electron chi connectivity index (χ4n) is 2.87. The van der Waals surface area contributed by atoms with Crippen LogP contribution in [0.25, 0.3) is 0 Å². The minimum Gasteiger partial charge on any atom is -0.494 e. The lowest BCUT2D eigenvalue weighted by Crippen LogP contribution is -2.10. The average Bonchev–Trinajstić information content (AvgIpc) is 2.49. The van der Waals surface area contributed by atoms with Crippen LogP contribution < -0.4 is 0 Å². The second-order valence-corrected chi connectivity index (χ2v) is 7.25. The number of ether oxygens (including phenoxy) is 1. The van der Waals surface area contributed by atoms with Crippen molar-refractivity contribution in [2.24, 2.45) is 0 Å². The summed E-state index contributed by atoms with van der Waals surface area (Å²) in [7, 11) is 0. The summed E-state index contributed by atoms with van der Waals surface area (Å²) in [5.41, 5.74) is 5.63. The molecule has 0 radical (unpaired) electrons. The van der Waals surface area contributed by atoms with E-state index in [-0.39, 0.29) is 6.10 Å². The number of allylic oxidation sites excluding steroid dienone is 2. The van der Waals surface area contributed by atoms with Gasteiger partial charge >= 0.3 is 0 Å². The molecule has 0 bridgehead atoms. The lowest BCUT2D eigenvalue weighted by atomic mass is 9.82. The van der Waals surface area contributed by atoms with E-state index < -0.39 is 0 Å². The van der Waals surface area contributed by atoms with Gasteiger partial charge in [0.1, 0.15) is 6.10 Å². The molecular weight excluding hydrogens is 280 g/mol. The van der Waals surface area contributed by atoms with Crippen LogP contribution in [0, 0.1) is 0 Å². The van der Waals surface area contributed by atoms with E-state index in [1.54, 1.807) is 0 Å². The molecule has 0 saturated heterocycles. The Kier molecular flexibility index (Phi) is 7.61. The molecule has 0 aliphatic heterocycles. The van der Waals surface area contributed by atoms with Gasteiger partial charge in [0, 0.05) is 0 Å². The number of rotatable bonds is 8. The monoisotopic (exact) mass is 314 g/mol. The zero-order chi connectivity index (χ0) is 17.6. The molecule has 0 aromatic heterocycles. The van der Waals surface area contributed by atoms with E-state index in [2.05, 4.69) is 67.2 Å². The van der Waals surface area contributed by atoms with E-state index in [1.807, 2.05) is 18.4 Å². The number of benzene rings is 1. The van der Waals surface area contributed by atoms with Crippen molar-refractivity contribution in [3.8, 4) is 0 Å². The molecule has 0 saturated carbocycles. The molecule has 1 rings (SSSR count). The molecule has 0 aliphatic rings. The third kappa shape index (κ3) is 5.27. The van der Waals surface area contributed by atoms with E-state index >= 15 is 0 Å². The van der Waals surface area contributed by atoms with Gasteiger partial charge in [-0.3, -0.25) is 0 Å². The predicted octanol–water partition coefficient (Wildman–Crippen LogP) is 7.22. The van der Waals surface area contributed by atoms with E-state index in [0.29, 0.717) is 17.8 Å². The Bertz CT molecular complexity index is 506. The van der Waals surface area contributed by atoms with Crippen molar-refractivity contribution in [2.75, 3.05) is 0 Å². The van der Waals surface area contributed by atoms with Crippen molar-refractivity contribution in [2.45, 2.75) is 78.7 Å². The zero-order valence-electron chi connectivity index (χ0n) is 16.0. The summed E-state index contributed by atoms with van der Waals surface area (Å²) in [6.07, 6.45) is 6.60. The van der Waals surface area contributed by atoms with Crippen LogP contribution >= 0.6 is 0 Å². The van der Waals surface area contributed by atoms with Gasteiger partial charge in [0.15, 0.2) is 0 Å². The van der Waals surface area contributed by atoms with Gasteiger partial charge in [0.05, 0.1) is 6.26 Å². The van der Waals surface area contributed by atoms with E-state index in [9.17, 15) is 0 Å². The molecule has 23 heavy (non-hydrogen) atoms. The van der Waals surface area contributed by atoms with Gasteiger partial charge in [-0.25, -0.2) is 0 Å². The molecule has 0 spiro atoms. The average molecular weight is 315 g/mol. The maximum Gasteiger partial charge on any atom is 0.121 e. The van der Waals surface area contributed by atoms with Gasteiger partial charge in [0.25, 0.3) is 0 Å². The van der Waals surface area contributed by atoms with Crippen molar-refractivity contribution in [1.29, 1.82) is 0 Å². The Hall–Kier alpha value is -1.50. The van der Waals surface area contributed by atoms with Crippen LogP contribution in [0.2, 0.25) is 0 Å². The molecule has 1 heteroatoms. The lowest BCUT2D eigenvalue weighted by molar-refractivity contribution is 0.161. The smallest absolute Gasteiger partial charge is 0.121 e. The summed E-state index contributed by atoms with van der Waals surface area (Å²) in [5, 5.41) is 0. The summed E-state index contributed by atoms with van der Waals surface area (Å²) in [5.74, 6) is 1.52. The van der Waals surface area contributed by atoms with Gasteiger partial charge in [-0.2, -0.15) is 0 Å². The van der Waals surface area contributed by atoms with Crippen LogP contribution in [0.15, 0.2) is 37.1 Å². The second-order valence-electron chi connectivity index (χ2n) is 7.25. The van der Waals surface area contributed by atoms with E-state index in [0.717, 1.165) is 6.42 Å². The first-order chi connectivity index (χ1) is 10.8. The molecule has 0 unspecified atom stereocenters. The Morgan fingerprint density at radius 1 is 0.913 bits per heavy atom. The van der Waals surface area contributed by atoms with Crippen molar-refractivity contribution in [3.05, 3.63) is 59.4 Å². The maximum absolute atomic E-state index is 5.98. The molecule has 128 valence electrons. The molecule has 1 aromatic rings. The van der Waals surface area contributed by atoms with Gasteiger partial charge < -0.3 is 4.74 Å². The molecule has 1 atom stereocenters. The fourth-order valence-corrected chi connectivity index (χ4v) is 2.87. The van der Waals surface area contributed by atoms with Crippen molar-refractivity contribution >= 4 is 0 Å². The topological polar surface area (TPSA) is 9.23 Å². The zero-order valence-corrected chi connectivity index (χ0v) is 16.0. The molecule has 0 N–H and O–H groups in total. The quantitative estimate of drug-likeness (QED) is 0.363. The fraction of sp³-hybridized carbons (Fsp3) is 0.545. The van der Waals surface area contributed by atoms with E-state index in [1.165, 1.54) is 22.3 Å². The minimum absolute atomic E-state index is 0.0621. The maximum atomic E-state index is 5.98. The SMILES string of the molecule is C=CC/C=C\O[C@@H](C)c1c(C(C)C)cc(C(C)C)cc1C(C)C. The van der Waals surface area contributed by atoms with Crippen LogP contribution in [0.5, 0.6) is 0 Å². The Morgan fingerprint density at radius 3 is 1.83 bits per heavy atom. The van der Waals surface area contributed by atoms with Crippen LogP contribution in [0.3, 0.4) is 0 Å². The largest absolute Gasteiger partial charge is 0.494 e. The summed E-state index contributed by atoms with van der Waals surface area (Å²) >= 11 is 0. The predicted molar refractivity (Wildman–Crippen MR) is 102 cm³/mol. The number of hydrogen-bond donors (Lipinski definition) is 0. The van der Waals surface area contributed by atoms with Crippen molar-refractivity contribution < 1.29 is 4.74 Å². The first-order valence-electron chi connectivity index (χ1n) is 8.88. The summed E-state index contributed by atoms with van der Waals surface area (Å²) in [6.45, 7) is 19.5. The van der Waals surface area contributed by atoms with Crippen molar-refractivity contribution in [3.63, 3.8) is 0 Å². The molecule has 1 nitrogen and oxygen atoms in total. The normalized spacial score (nSPS) is 13.3. The van der Waals surface area contributed by atoms with Crippen LogP contribution in [-0.4, -0.2) is 0 Å². The highest BCUT2D eigenvalue weighted by Gasteiger charge is 2.21. The second kappa shape index (κ2) is 8.96. The molecular formula is C22H34O. The highest BCUT2D eigenvalue weighted by Crippen LogP contribution is 2.36. The third-order valence-electron chi connectivity index (χ3n) is 4.27. The minimum atomic E-state index is 0.0621. The van der Waals surface area contributed by atoms with Crippen LogP contribution in [0.4, 0.5) is 0 Å². The number of hydrogen-bond acceptors (Lipinski definition) is 1. The van der Waals surface area contributed by atoms with Crippen LogP contribution in [-0.2, 0) is 4.74 Å². The Balaban J connectivity index is 3.33.